The summed E-state index contributed by atoms with van der Waals surface area (Å²) < 4.78 is 39.2. The van der Waals surface area contributed by atoms with Crippen LogP contribution < -0.4 is 5.32 Å². The summed E-state index contributed by atoms with van der Waals surface area (Å²) >= 11 is 0. The Kier molecular flexibility index (Phi) is 4.74. The monoisotopic (exact) mass is 348 g/mol. The van der Waals surface area contributed by atoms with E-state index < -0.39 is 29.4 Å². The molecule has 25 heavy (non-hydrogen) atoms. The van der Waals surface area contributed by atoms with E-state index in [9.17, 15) is 22.8 Å². The van der Waals surface area contributed by atoms with Crippen molar-refractivity contribution in [2.45, 2.75) is 18.9 Å². The molecule has 1 aliphatic rings. The minimum Gasteiger partial charge on any atom is -0.327 e. The van der Waals surface area contributed by atoms with Gasteiger partial charge in [0.1, 0.15) is 11.9 Å². The van der Waals surface area contributed by atoms with E-state index >= 15 is 0 Å². The summed E-state index contributed by atoms with van der Waals surface area (Å²) in [5, 5.41) is 2.50. The fraction of sp³-hybridized carbons (Fsp3) is 0.222. The summed E-state index contributed by atoms with van der Waals surface area (Å²) in [6.45, 7) is 0.395. The van der Waals surface area contributed by atoms with Crippen LogP contribution in [-0.2, 0) is 4.79 Å². The molecule has 1 unspecified atom stereocenters. The van der Waals surface area contributed by atoms with Gasteiger partial charge in [0.05, 0.1) is 0 Å². The van der Waals surface area contributed by atoms with Crippen molar-refractivity contribution in [1.82, 2.24) is 4.90 Å². The van der Waals surface area contributed by atoms with Gasteiger partial charge < -0.3 is 10.2 Å². The number of rotatable bonds is 3. The Morgan fingerprint density at radius 2 is 1.72 bits per heavy atom. The molecule has 0 aliphatic carbocycles. The Hall–Kier alpha value is -2.83. The van der Waals surface area contributed by atoms with Crippen LogP contribution in [0.2, 0.25) is 0 Å². The van der Waals surface area contributed by atoms with Crippen LogP contribution in [0, 0.1) is 17.5 Å². The van der Waals surface area contributed by atoms with E-state index in [0.29, 0.717) is 19.4 Å². The molecule has 1 saturated heterocycles. The van der Waals surface area contributed by atoms with Gasteiger partial charge in [-0.15, -0.1) is 0 Å². The molecule has 0 radical (unpaired) electrons. The Balaban J connectivity index is 1.74. The number of nitrogens with one attached hydrogen (secondary N) is 1. The zero-order valence-electron chi connectivity index (χ0n) is 13.1. The Morgan fingerprint density at radius 3 is 2.40 bits per heavy atom. The lowest BCUT2D eigenvalue weighted by Crippen LogP contribution is -2.43. The van der Waals surface area contributed by atoms with E-state index in [4.69, 9.17) is 0 Å². The van der Waals surface area contributed by atoms with Gasteiger partial charge >= 0.3 is 0 Å². The summed E-state index contributed by atoms with van der Waals surface area (Å²) in [5.41, 5.74) is 0.402. The third-order valence-corrected chi connectivity index (χ3v) is 4.09. The van der Waals surface area contributed by atoms with Crippen molar-refractivity contribution in [3.8, 4) is 0 Å². The number of hydrogen-bond acceptors (Lipinski definition) is 2. The van der Waals surface area contributed by atoms with Gasteiger partial charge in [0, 0.05) is 23.9 Å². The van der Waals surface area contributed by atoms with Gasteiger partial charge in [0.15, 0.2) is 11.6 Å². The van der Waals surface area contributed by atoms with Gasteiger partial charge in [-0.1, -0.05) is 0 Å². The van der Waals surface area contributed by atoms with Crippen molar-refractivity contribution in [3.05, 3.63) is 65.5 Å². The van der Waals surface area contributed by atoms with Gasteiger partial charge in [0.25, 0.3) is 5.91 Å². The molecule has 1 fully saturated rings. The lowest BCUT2D eigenvalue weighted by atomic mass is 10.1. The molecule has 1 N–H and O–H groups in total. The zero-order valence-corrected chi connectivity index (χ0v) is 13.1. The van der Waals surface area contributed by atoms with Crippen LogP contribution in [0.5, 0.6) is 0 Å². The van der Waals surface area contributed by atoms with Crippen LogP contribution in [-0.4, -0.2) is 29.3 Å². The molecule has 1 aliphatic heterocycles. The fourth-order valence-electron chi connectivity index (χ4n) is 2.84. The quantitative estimate of drug-likeness (QED) is 0.925. The lowest BCUT2D eigenvalue weighted by molar-refractivity contribution is -0.119. The van der Waals surface area contributed by atoms with Crippen molar-refractivity contribution in [1.29, 1.82) is 0 Å². The van der Waals surface area contributed by atoms with Gasteiger partial charge in [-0.25, -0.2) is 13.2 Å². The standard InChI is InChI=1S/C18H15F3N2O2/c19-12-5-3-11(4-6-12)18(25)23-9-1-2-16(23)17(24)22-13-7-8-14(20)15(21)10-13/h3-8,10,16H,1-2,9H2,(H,22,24). The summed E-state index contributed by atoms with van der Waals surface area (Å²) in [6, 6.07) is 7.41. The topological polar surface area (TPSA) is 49.4 Å². The first-order valence-corrected chi connectivity index (χ1v) is 7.78. The average Bonchev–Trinajstić information content (AvgIpc) is 3.08. The SMILES string of the molecule is O=C(Nc1ccc(F)c(F)c1)C1CCCN1C(=O)c1ccc(F)cc1. The van der Waals surface area contributed by atoms with Gasteiger partial charge in [-0.05, 0) is 49.2 Å². The first kappa shape index (κ1) is 17.0. The second-order valence-corrected chi connectivity index (χ2v) is 5.78. The molecule has 0 aromatic heterocycles. The Bertz CT molecular complexity index is 808. The second-order valence-electron chi connectivity index (χ2n) is 5.78. The summed E-state index contributed by atoms with van der Waals surface area (Å²) in [5.74, 6) is -3.37. The van der Waals surface area contributed by atoms with Gasteiger partial charge in [-0.3, -0.25) is 9.59 Å². The molecule has 4 nitrogen and oxygen atoms in total. The first-order chi connectivity index (χ1) is 12.0. The third kappa shape index (κ3) is 3.65. The van der Waals surface area contributed by atoms with Crippen LogP contribution in [0.3, 0.4) is 0 Å². The molecule has 0 spiro atoms. The van der Waals surface area contributed by atoms with E-state index in [1.165, 1.54) is 35.2 Å². The number of nitrogens with zero attached hydrogens (tertiary/aromatic N) is 1. The largest absolute Gasteiger partial charge is 0.327 e. The van der Waals surface area contributed by atoms with Crippen molar-refractivity contribution in [2.24, 2.45) is 0 Å². The predicted octanol–water partition coefficient (Wildman–Crippen LogP) is 3.35. The molecule has 130 valence electrons. The molecule has 0 bridgehead atoms. The van der Waals surface area contributed by atoms with E-state index in [2.05, 4.69) is 5.32 Å². The van der Waals surface area contributed by atoms with E-state index in [1.807, 2.05) is 0 Å². The van der Waals surface area contributed by atoms with Crippen LogP contribution >= 0.6 is 0 Å². The van der Waals surface area contributed by atoms with Crippen LogP contribution in [0.1, 0.15) is 23.2 Å². The smallest absolute Gasteiger partial charge is 0.254 e. The number of carbonyl (C=O) groups is 2. The van der Waals surface area contributed by atoms with Crippen LogP contribution in [0.25, 0.3) is 0 Å². The number of hydrogen-bond donors (Lipinski definition) is 1. The molecule has 7 heteroatoms. The van der Waals surface area contributed by atoms with E-state index in [1.54, 1.807) is 0 Å². The highest BCUT2D eigenvalue weighted by atomic mass is 19.2. The van der Waals surface area contributed by atoms with Crippen molar-refractivity contribution < 1.29 is 22.8 Å². The Morgan fingerprint density at radius 1 is 1.00 bits per heavy atom. The highest BCUT2D eigenvalue weighted by Gasteiger charge is 2.34. The number of likely N-dealkylation sites (tertiary alicyclic amines) is 1. The van der Waals surface area contributed by atoms with Crippen molar-refractivity contribution in [2.75, 3.05) is 11.9 Å². The maximum atomic E-state index is 13.2. The van der Waals surface area contributed by atoms with Crippen LogP contribution in [0.4, 0.5) is 18.9 Å². The number of amides is 2. The van der Waals surface area contributed by atoms with Crippen molar-refractivity contribution in [3.63, 3.8) is 0 Å². The third-order valence-electron chi connectivity index (χ3n) is 4.09. The summed E-state index contributed by atoms with van der Waals surface area (Å²) in [6.07, 6.45) is 1.10. The summed E-state index contributed by atoms with van der Waals surface area (Å²) in [4.78, 5) is 26.4. The maximum Gasteiger partial charge on any atom is 0.254 e. The minimum absolute atomic E-state index is 0.116. The minimum atomic E-state index is -1.07. The van der Waals surface area contributed by atoms with Gasteiger partial charge in [0.2, 0.25) is 5.91 Å². The normalized spacial score (nSPS) is 16.8. The van der Waals surface area contributed by atoms with E-state index in [-0.39, 0.29) is 17.2 Å². The van der Waals surface area contributed by atoms with Crippen molar-refractivity contribution >= 4 is 17.5 Å². The number of halogens is 3. The zero-order chi connectivity index (χ0) is 18.0. The predicted molar refractivity (Wildman–Crippen MR) is 85.4 cm³/mol. The first-order valence-electron chi connectivity index (χ1n) is 7.78. The maximum absolute atomic E-state index is 13.2. The second kappa shape index (κ2) is 6.96. The molecule has 1 heterocycles. The lowest BCUT2D eigenvalue weighted by Gasteiger charge is -2.24. The molecular weight excluding hydrogens is 333 g/mol. The number of anilines is 1. The molecule has 2 aromatic carbocycles. The molecular formula is C18H15F3N2O2. The molecule has 2 amide bonds. The molecule has 3 rings (SSSR count). The highest BCUT2D eigenvalue weighted by Crippen LogP contribution is 2.22. The number of benzene rings is 2. The molecule has 0 saturated carbocycles. The van der Waals surface area contributed by atoms with E-state index in [0.717, 1.165) is 12.1 Å². The van der Waals surface area contributed by atoms with Crippen LogP contribution in [0.15, 0.2) is 42.5 Å². The highest BCUT2D eigenvalue weighted by molar-refractivity contribution is 6.01. The molecule has 1 atom stereocenters. The molecule has 2 aromatic rings. The Labute approximate surface area is 142 Å². The average molecular weight is 348 g/mol. The number of carbonyl (C=O) groups excluding carboxylic acids is 2. The fourth-order valence-corrected chi connectivity index (χ4v) is 2.84. The van der Waals surface area contributed by atoms with Gasteiger partial charge in [-0.2, -0.15) is 0 Å². The summed E-state index contributed by atoms with van der Waals surface area (Å²) in [7, 11) is 0.